The summed E-state index contributed by atoms with van der Waals surface area (Å²) in [5, 5.41) is 4.64. The van der Waals surface area contributed by atoms with Gasteiger partial charge in [-0.25, -0.2) is 4.68 Å². The average Bonchev–Trinajstić information content (AvgIpc) is 2.68. The fourth-order valence-electron chi connectivity index (χ4n) is 4.51. The van der Waals surface area contributed by atoms with E-state index in [4.69, 9.17) is 4.74 Å². The van der Waals surface area contributed by atoms with E-state index in [0.29, 0.717) is 12.5 Å². The first-order chi connectivity index (χ1) is 12.8. The number of rotatable bonds is 5. The van der Waals surface area contributed by atoms with Crippen LogP contribution < -0.4 is 5.56 Å². The lowest BCUT2D eigenvalue weighted by atomic mass is 9.97. The first-order valence-electron chi connectivity index (χ1n) is 10.4. The maximum atomic E-state index is 12.3. The molecule has 0 saturated carbocycles. The van der Waals surface area contributed by atoms with Gasteiger partial charge in [0.05, 0.1) is 18.8 Å². The Morgan fingerprint density at radius 1 is 1.04 bits per heavy atom. The van der Waals surface area contributed by atoms with E-state index in [-0.39, 0.29) is 5.56 Å². The average molecular weight is 361 g/mol. The molecular formula is C20H32N4O2. The lowest BCUT2D eigenvalue weighted by Gasteiger charge is -2.37. The summed E-state index contributed by atoms with van der Waals surface area (Å²) >= 11 is 0. The van der Waals surface area contributed by atoms with Crippen LogP contribution in [0.15, 0.2) is 10.9 Å². The van der Waals surface area contributed by atoms with Crippen LogP contribution in [0.4, 0.5) is 0 Å². The smallest absolute Gasteiger partial charge is 0.267 e. The molecule has 0 radical (unpaired) electrons. The van der Waals surface area contributed by atoms with E-state index < -0.39 is 0 Å². The zero-order valence-electron chi connectivity index (χ0n) is 15.9. The van der Waals surface area contributed by atoms with Crippen LogP contribution in [0.3, 0.4) is 0 Å². The second kappa shape index (κ2) is 8.63. The van der Waals surface area contributed by atoms with Crippen molar-refractivity contribution in [2.45, 2.75) is 45.1 Å². The zero-order valence-corrected chi connectivity index (χ0v) is 15.9. The van der Waals surface area contributed by atoms with Crippen LogP contribution in [0, 0.1) is 5.92 Å². The van der Waals surface area contributed by atoms with Crippen LogP contribution >= 0.6 is 0 Å². The molecule has 6 nitrogen and oxygen atoms in total. The van der Waals surface area contributed by atoms with E-state index in [2.05, 4.69) is 14.9 Å². The molecule has 1 atom stereocenters. The van der Waals surface area contributed by atoms with Crippen LogP contribution in [-0.2, 0) is 24.1 Å². The number of hydrogen-bond acceptors (Lipinski definition) is 5. The molecule has 2 fully saturated rings. The van der Waals surface area contributed by atoms with Crippen molar-refractivity contribution in [3.8, 4) is 0 Å². The molecule has 4 rings (SSSR count). The summed E-state index contributed by atoms with van der Waals surface area (Å²) in [5.41, 5.74) is 2.40. The number of aromatic nitrogens is 2. The minimum Gasteiger partial charge on any atom is -0.381 e. The normalized spacial score (nSPS) is 25.2. The Morgan fingerprint density at radius 2 is 1.85 bits per heavy atom. The summed E-state index contributed by atoms with van der Waals surface area (Å²) in [5.74, 6) is 0.716. The zero-order chi connectivity index (χ0) is 17.8. The standard InChI is InChI=1S/C20H32N4O2/c25-20-14-18-5-1-2-6-19(18)21-24(20)12-11-22-7-9-23(10-8-22)15-17-4-3-13-26-16-17/h14,17H,1-13,15-16H2. The van der Waals surface area contributed by atoms with Gasteiger partial charge in [-0.2, -0.15) is 5.10 Å². The van der Waals surface area contributed by atoms with Crippen molar-refractivity contribution >= 4 is 0 Å². The largest absolute Gasteiger partial charge is 0.381 e. The third-order valence-corrected chi connectivity index (χ3v) is 6.14. The van der Waals surface area contributed by atoms with E-state index in [9.17, 15) is 4.79 Å². The topological polar surface area (TPSA) is 50.6 Å². The summed E-state index contributed by atoms with van der Waals surface area (Å²) < 4.78 is 7.30. The molecule has 2 saturated heterocycles. The Labute approximate surface area is 156 Å². The summed E-state index contributed by atoms with van der Waals surface area (Å²) in [6, 6.07) is 1.83. The van der Waals surface area contributed by atoms with Gasteiger partial charge < -0.3 is 9.64 Å². The molecule has 144 valence electrons. The SMILES string of the molecule is O=c1cc2c(nn1CCN1CCN(CC3CCCOC3)CC1)CCCC2. The van der Waals surface area contributed by atoms with E-state index in [1.807, 2.05) is 6.07 Å². The van der Waals surface area contributed by atoms with Crippen molar-refractivity contribution in [1.82, 2.24) is 19.6 Å². The lowest BCUT2D eigenvalue weighted by Crippen LogP contribution is -2.49. The van der Waals surface area contributed by atoms with Gasteiger partial charge in [0.1, 0.15) is 0 Å². The van der Waals surface area contributed by atoms with Gasteiger partial charge in [0.25, 0.3) is 5.56 Å². The molecule has 2 aliphatic heterocycles. The van der Waals surface area contributed by atoms with E-state index in [1.165, 1.54) is 37.8 Å². The highest BCUT2D eigenvalue weighted by atomic mass is 16.5. The van der Waals surface area contributed by atoms with Crippen molar-refractivity contribution in [3.63, 3.8) is 0 Å². The molecule has 3 aliphatic rings. The highest BCUT2D eigenvalue weighted by Gasteiger charge is 2.22. The highest BCUT2D eigenvalue weighted by molar-refractivity contribution is 5.20. The van der Waals surface area contributed by atoms with Gasteiger partial charge in [-0.15, -0.1) is 0 Å². The molecule has 26 heavy (non-hydrogen) atoms. The van der Waals surface area contributed by atoms with E-state index in [1.54, 1.807) is 4.68 Å². The third kappa shape index (κ3) is 4.53. The predicted octanol–water partition coefficient (Wildman–Crippen LogP) is 1.17. The number of fused-ring (bicyclic) bond motifs is 1. The Morgan fingerprint density at radius 3 is 2.65 bits per heavy atom. The maximum Gasteiger partial charge on any atom is 0.267 e. The Balaban J connectivity index is 1.24. The van der Waals surface area contributed by atoms with Gasteiger partial charge in [-0.05, 0) is 50.0 Å². The van der Waals surface area contributed by atoms with Crippen LogP contribution in [0.2, 0.25) is 0 Å². The summed E-state index contributed by atoms with van der Waals surface area (Å²) in [7, 11) is 0. The molecular weight excluding hydrogens is 328 g/mol. The van der Waals surface area contributed by atoms with Gasteiger partial charge in [-0.1, -0.05) is 0 Å². The predicted molar refractivity (Wildman–Crippen MR) is 102 cm³/mol. The number of aryl methyl sites for hydroxylation is 2. The second-order valence-electron chi connectivity index (χ2n) is 8.11. The number of ether oxygens (including phenoxy) is 1. The van der Waals surface area contributed by atoms with Gasteiger partial charge >= 0.3 is 0 Å². The monoisotopic (exact) mass is 360 g/mol. The molecule has 1 aromatic rings. The third-order valence-electron chi connectivity index (χ3n) is 6.14. The fourth-order valence-corrected chi connectivity index (χ4v) is 4.51. The lowest BCUT2D eigenvalue weighted by molar-refractivity contribution is 0.0283. The second-order valence-corrected chi connectivity index (χ2v) is 8.11. The Hall–Kier alpha value is -1.24. The van der Waals surface area contributed by atoms with Crippen molar-refractivity contribution in [3.05, 3.63) is 27.7 Å². The van der Waals surface area contributed by atoms with Crippen molar-refractivity contribution in [1.29, 1.82) is 0 Å². The molecule has 6 heteroatoms. The van der Waals surface area contributed by atoms with E-state index in [0.717, 1.165) is 64.5 Å². The number of hydrogen-bond donors (Lipinski definition) is 0. The minimum absolute atomic E-state index is 0.0709. The molecule has 0 aromatic carbocycles. The van der Waals surface area contributed by atoms with Gasteiger partial charge in [-0.3, -0.25) is 9.69 Å². The molecule has 0 amide bonds. The first-order valence-corrected chi connectivity index (χ1v) is 10.4. The Bertz CT molecular complexity index is 646. The van der Waals surface area contributed by atoms with Crippen molar-refractivity contribution in [2.75, 3.05) is 52.5 Å². The van der Waals surface area contributed by atoms with Crippen LogP contribution in [-0.4, -0.2) is 72.1 Å². The Kier molecular flexibility index (Phi) is 6.02. The molecule has 1 aromatic heterocycles. The number of nitrogens with zero attached hydrogens (tertiary/aromatic N) is 4. The molecule has 3 heterocycles. The summed E-state index contributed by atoms with van der Waals surface area (Å²) in [4.78, 5) is 17.4. The van der Waals surface area contributed by atoms with Gasteiger partial charge in [0.2, 0.25) is 0 Å². The van der Waals surface area contributed by atoms with Gasteiger partial charge in [0, 0.05) is 51.9 Å². The summed E-state index contributed by atoms with van der Waals surface area (Å²) in [6.07, 6.45) is 6.97. The van der Waals surface area contributed by atoms with Crippen molar-refractivity contribution in [2.24, 2.45) is 5.92 Å². The number of piperazine rings is 1. The van der Waals surface area contributed by atoms with Crippen LogP contribution in [0.25, 0.3) is 0 Å². The molecule has 1 unspecified atom stereocenters. The van der Waals surface area contributed by atoms with Crippen LogP contribution in [0.1, 0.15) is 36.9 Å². The summed E-state index contributed by atoms with van der Waals surface area (Å²) in [6.45, 7) is 9.13. The van der Waals surface area contributed by atoms with Crippen LogP contribution in [0.5, 0.6) is 0 Å². The molecule has 0 N–H and O–H groups in total. The van der Waals surface area contributed by atoms with Gasteiger partial charge in [0.15, 0.2) is 0 Å². The fraction of sp³-hybridized carbons (Fsp3) is 0.800. The van der Waals surface area contributed by atoms with E-state index >= 15 is 0 Å². The maximum absolute atomic E-state index is 12.3. The first kappa shape index (κ1) is 18.1. The highest BCUT2D eigenvalue weighted by Crippen LogP contribution is 2.17. The molecule has 0 spiro atoms. The van der Waals surface area contributed by atoms with Crippen molar-refractivity contribution < 1.29 is 4.74 Å². The minimum atomic E-state index is 0.0709. The molecule has 0 bridgehead atoms. The molecule has 1 aliphatic carbocycles. The quantitative estimate of drug-likeness (QED) is 0.789.